The number of anilines is 1. The van der Waals surface area contributed by atoms with Gasteiger partial charge in [-0.15, -0.1) is 0 Å². The molecule has 0 aliphatic carbocycles. The van der Waals surface area contributed by atoms with Gasteiger partial charge in [0.1, 0.15) is 5.82 Å². The van der Waals surface area contributed by atoms with Crippen LogP contribution in [0.2, 0.25) is 10.0 Å². The molecule has 34 heavy (non-hydrogen) atoms. The Labute approximate surface area is 208 Å². The summed E-state index contributed by atoms with van der Waals surface area (Å²) in [6.45, 7) is 3.40. The van der Waals surface area contributed by atoms with E-state index in [4.69, 9.17) is 33.7 Å². The smallest absolute Gasteiger partial charge is 0.253 e. The number of ether oxygens (including phenoxy) is 1. The van der Waals surface area contributed by atoms with Crippen LogP contribution < -0.4 is 10.5 Å². The number of benzene rings is 2. The predicted octanol–water partition coefficient (Wildman–Crippen LogP) is 4.79. The number of rotatable bonds is 6. The van der Waals surface area contributed by atoms with E-state index in [1.54, 1.807) is 12.3 Å². The van der Waals surface area contributed by atoms with Crippen molar-refractivity contribution in [3.63, 3.8) is 0 Å². The van der Waals surface area contributed by atoms with E-state index < -0.39 is 5.82 Å². The number of carbonyl (C=O) groups is 1. The number of hydrogen-bond donors (Lipinski definition) is 1. The van der Waals surface area contributed by atoms with Crippen LogP contribution in [0.1, 0.15) is 15.9 Å². The highest BCUT2D eigenvalue weighted by molar-refractivity contribution is 6.36. The van der Waals surface area contributed by atoms with Crippen molar-refractivity contribution < 1.29 is 13.9 Å². The van der Waals surface area contributed by atoms with Gasteiger partial charge in [0.25, 0.3) is 5.91 Å². The molecule has 2 N–H and O–H groups in total. The van der Waals surface area contributed by atoms with E-state index in [-0.39, 0.29) is 23.4 Å². The van der Waals surface area contributed by atoms with Crippen molar-refractivity contribution in [1.29, 1.82) is 0 Å². The number of nitrogen functional groups attached to an aromatic ring is 1. The highest BCUT2D eigenvalue weighted by atomic mass is 35.5. The van der Waals surface area contributed by atoms with Crippen molar-refractivity contribution in [2.45, 2.75) is 6.42 Å². The van der Waals surface area contributed by atoms with Crippen LogP contribution in [0.15, 0.2) is 48.7 Å². The van der Waals surface area contributed by atoms with Crippen molar-refractivity contribution in [3.05, 3.63) is 75.7 Å². The number of aromatic nitrogens is 1. The second-order valence-electron chi connectivity index (χ2n) is 8.20. The molecule has 1 aliphatic rings. The number of nitrogens with two attached hydrogens (primary N) is 1. The lowest BCUT2D eigenvalue weighted by Crippen LogP contribution is -2.47. The molecule has 6 nitrogen and oxygen atoms in total. The number of halogens is 3. The van der Waals surface area contributed by atoms with Gasteiger partial charge in [-0.05, 0) is 48.5 Å². The molecule has 0 radical (unpaired) electrons. The second-order valence-corrected chi connectivity index (χ2v) is 8.99. The van der Waals surface area contributed by atoms with Crippen molar-refractivity contribution in [2.75, 3.05) is 45.6 Å². The normalized spacial score (nSPS) is 14.3. The summed E-state index contributed by atoms with van der Waals surface area (Å²) in [5.74, 6) is 0.147. The number of hydrogen-bond acceptors (Lipinski definition) is 5. The highest BCUT2D eigenvalue weighted by Gasteiger charge is 2.20. The summed E-state index contributed by atoms with van der Waals surface area (Å²) in [4.78, 5) is 21.1. The summed E-state index contributed by atoms with van der Waals surface area (Å²) in [6.07, 6.45) is 1.96. The van der Waals surface area contributed by atoms with E-state index in [2.05, 4.69) is 16.9 Å². The third-order valence-corrected chi connectivity index (χ3v) is 6.65. The molecule has 1 aromatic heterocycles. The van der Waals surface area contributed by atoms with Gasteiger partial charge in [0, 0.05) is 54.9 Å². The van der Waals surface area contributed by atoms with Crippen LogP contribution in [-0.4, -0.2) is 60.5 Å². The first-order valence-electron chi connectivity index (χ1n) is 10.9. The Kier molecular flexibility index (Phi) is 7.56. The molecule has 1 aliphatic heterocycles. The Morgan fingerprint density at radius 3 is 2.50 bits per heavy atom. The van der Waals surface area contributed by atoms with Gasteiger partial charge in [-0.25, -0.2) is 9.37 Å². The fourth-order valence-electron chi connectivity index (χ4n) is 3.79. The Balaban J connectivity index is 1.43. The number of piperazine rings is 1. The van der Waals surface area contributed by atoms with Crippen LogP contribution in [0.25, 0.3) is 11.1 Å². The summed E-state index contributed by atoms with van der Waals surface area (Å²) in [6, 6.07) is 11.9. The van der Waals surface area contributed by atoms with Gasteiger partial charge in [0.2, 0.25) is 0 Å². The fraction of sp³-hybridized carbons (Fsp3) is 0.280. The number of carbonyl (C=O) groups excluding carboxylic acids is 1. The van der Waals surface area contributed by atoms with Crippen molar-refractivity contribution in [2.24, 2.45) is 0 Å². The van der Waals surface area contributed by atoms with Crippen molar-refractivity contribution >= 4 is 34.9 Å². The van der Waals surface area contributed by atoms with Crippen LogP contribution in [0, 0.1) is 5.82 Å². The number of amides is 1. The SMILES string of the molecule is CN1CCN(C(=O)c2ccc(-c3cnc(N)c(OCCc4c(Cl)ccc(F)c4Cl)c3)cc2)CC1. The van der Waals surface area contributed by atoms with Gasteiger partial charge in [0.05, 0.1) is 11.6 Å². The maximum absolute atomic E-state index is 13.7. The maximum Gasteiger partial charge on any atom is 0.253 e. The van der Waals surface area contributed by atoms with Crippen LogP contribution in [0.5, 0.6) is 5.75 Å². The van der Waals surface area contributed by atoms with E-state index in [0.29, 0.717) is 28.3 Å². The minimum absolute atomic E-state index is 0.0119. The van der Waals surface area contributed by atoms with Crippen molar-refractivity contribution in [1.82, 2.24) is 14.8 Å². The Morgan fingerprint density at radius 1 is 1.09 bits per heavy atom. The van der Waals surface area contributed by atoms with Gasteiger partial charge in [-0.1, -0.05) is 35.3 Å². The summed E-state index contributed by atoms with van der Waals surface area (Å²) < 4.78 is 19.5. The molecule has 4 rings (SSSR count). The first-order chi connectivity index (χ1) is 16.3. The number of pyridine rings is 1. The lowest BCUT2D eigenvalue weighted by Gasteiger charge is -2.32. The molecule has 0 spiro atoms. The van der Waals surface area contributed by atoms with Gasteiger partial charge in [-0.2, -0.15) is 0 Å². The van der Waals surface area contributed by atoms with Crippen LogP contribution in [0.3, 0.4) is 0 Å². The molecular formula is C25H25Cl2FN4O2. The first-order valence-corrected chi connectivity index (χ1v) is 11.7. The summed E-state index contributed by atoms with van der Waals surface area (Å²) >= 11 is 12.2. The Morgan fingerprint density at radius 2 is 1.79 bits per heavy atom. The summed E-state index contributed by atoms with van der Waals surface area (Å²) in [5.41, 5.74) is 8.79. The zero-order valence-electron chi connectivity index (χ0n) is 18.7. The molecular weight excluding hydrogens is 478 g/mol. The largest absolute Gasteiger partial charge is 0.489 e. The second kappa shape index (κ2) is 10.6. The van der Waals surface area contributed by atoms with Gasteiger partial charge < -0.3 is 20.3 Å². The molecule has 0 saturated carbocycles. The first kappa shape index (κ1) is 24.3. The molecule has 1 fully saturated rings. The van der Waals surface area contributed by atoms with Crippen molar-refractivity contribution in [3.8, 4) is 16.9 Å². The minimum atomic E-state index is -0.529. The van der Waals surface area contributed by atoms with E-state index in [1.807, 2.05) is 29.2 Å². The van der Waals surface area contributed by atoms with E-state index in [9.17, 15) is 9.18 Å². The molecule has 178 valence electrons. The number of likely N-dealkylation sites (N-methyl/N-ethyl adjacent to an activating group) is 1. The van der Waals surface area contributed by atoms with E-state index in [1.165, 1.54) is 12.1 Å². The lowest BCUT2D eigenvalue weighted by molar-refractivity contribution is 0.0664. The topological polar surface area (TPSA) is 71.7 Å². The zero-order chi connectivity index (χ0) is 24.2. The van der Waals surface area contributed by atoms with Crippen LogP contribution in [-0.2, 0) is 6.42 Å². The third kappa shape index (κ3) is 5.43. The quantitative estimate of drug-likeness (QED) is 0.490. The number of nitrogens with zero attached hydrogens (tertiary/aromatic N) is 3. The molecule has 3 aromatic rings. The molecule has 0 atom stereocenters. The van der Waals surface area contributed by atoms with Crippen LogP contribution >= 0.6 is 23.2 Å². The molecule has 1 amide bonds. The zero-order valence-corrected chi connectivity index (χ0v) is 20.2. The summed E-state index contributed by atoms with van der Waals surface area (Å²) in [7, 11) is 2.06. The fourth-order valence-corrected chi connectivity index (χ4v) is 4.35. The maximum atomic E-state index is 13.7. The van der Waals surface area contributed by atoms with Crippen LogP contribution in [0.4, 0.5) is 10.2 Å². The minimum Gasteiger partial charge on any atom is -0.489 e. The third-order valence-electron chi connectivity index (χ3n) is 5.89. The summed E-state index contributed by atoms with van der Waals surface area (Å²) in [5, 5.41) is 0.364. The lowest BCUT2D eigenvalue weighted by atomic mass is 10.0. The molecule has 1 saturated heterocycles. The van der Waals surface area contributed by atoms with E-state index >= 15 is 0 Å². The molecule has 0 unspecified atom stereocenters. The van der Waals surface area contributed by atoms with E-state index in [0.717, 1.165) is 37.3 Å². The van der Waals surface area contributed by atoms with Gasteiger partial charge >= 0.3 is 0 Å². The Bertz CT molecular complexity index is 1180. The standard InChI is InChI=1S/C25H25Cl2FN4O2/c1-31-9-11-32(12-10-31)25(33)17-4-2-16(3-5-17)18-14-22(24(29)30-15-18)34-13-8-19-20(26)6-7-21(28)23(19)27/h2-7,14-15H,8-13H2,1H3,(H2,29,30). The van der Waals surface area contributed by atoms with Gasteiger partial charge in [-0.3, -0.25) is 4.79 Å². The van der Waals surface area contributed by atoms with Gasteiger partial charge in [0.15, 0.2) is 11.6 Å². The average Bonchev–Trinajstić information content (AvgIpc) is 2.85. The Hall–Kier alpha value is -2.87. The predicted molar refractivity (Wildman–Crippen MR) is 133 cm³/mol. The highest BCUT2D eigenvalue weighted by Crippen LogP contribution is 2.30. The molecule has 2 aromatic carbocycles. The molecule has 9 heteroatoms. The molecule has 0 bridgehead atoms. The average molecular weight is 503 g/mol. The molecule has 2 heterocycles. The monoisotopic (exact) mass is 502 g/mol.